The molecule has 0 aliphatic carbocycles. The summed E-state index contributed by atoms with van der Waals surface area (Å²) in [6, 6.07) is 20.3. The SMILES string of the molecule is C[C@@H](O)CCOC[C@H](CO[Si](c1ccccc1)(c1ccccc1)C(C)(C)C)N=[N+]=[N-]. The van der Waals surface area contributed by atoms with E-state index in [1.807, 2.05) is 36.4 Å². The van der Waals surface area contributed by atoms with Crippen molar-refractivity contribution < 1.29 is 14.3 Å². The Kier molecular flexibility index (Phi) is 9.08. The van der Waals surface area contributed by atoms with Crippen LogP contribution in [-0.4, -0.2) is 45.4 Å². The van der Waals surface area contributed by atoms with Crippen molar-refractivity contribution in [2.24, 2.45) is 5.11 Å². The van der Waals surface area contributed by atoms with Gasteiger partial charge in [0.25, 0.3) is 8.32 Å². The van der Waals surface area contributed by atoms with E-state index in [-0.39, 0.29) is 18.3 Å². The molecule has 2 aromatic rings. The maximum Gasteiger partial charge on any atom is 0.261 e. The summed E-state index contributed by atoms with van der Waals surface area (Å²) in [6.07, 6.45) is 0.120. The fourth-order valence-corrected chi connectivity index (χ4v) is 8.24. The Morgan fingerprint density at radius 3 is 1.97 bits per heavy atom. The van der Waals surface area contributed by atoms with Crippen LogP contribution in [0.5, 0.6) is 0 Å². The molecule has 0 aromatic heterocycles. The number of ether oxygens (including phenoxy) is 1. The monoisotopic (exact) mass is 427 g/mol. The normalized spacial score (nSPS) is 14.0. The quantitative estimate of drug-likeness (QED) is 0.193. The van der Waals surface area contributed by atoms with Gasteiger partial charge in [-0.3, -0.25) is 0 Å². The third-order valence-electron chi connectivity index (χ3n) is 5.11. The third-order valence-corrected chi connectivity index (χ3v) is 10.1. The highest BCUT2D eigenvalue weighted by Crippen LogP contribution is 2.36. The molecule has 6 nitrogen and oxygen atoms in total. The molecule has 2 aromatic carbocycles. The second-order valence-electron chi connectivity index (χ2n) is 8.55. The summed E-state index contributed by atoms with van der Waals surface area (Å²) >= 11 is 0. The lowest BCUT2D eigenvalue weighted by Crippen LogP contribution is -2.67. The van der Waals surface area contributed by atoms with Gasteiger partial charge in [0.1, 0.15) is 0 Å². The van der Waals surface area contributed by atoms with E-state index >= 15 is 0 Å². The number of azide groups is 1. The lowest BCUT2D eigenvalue weighted by atomic mass is 10.2. The molecule has 0 heterocycles. The van der Waals surface area contributed by atoms with Crippen LogP contribution in [0.2, 0.25) is 5.04 Å². The molecule has 0 aliphatic heterocycles. The standard InChI is InChI=1S/C23H33N3O3Si/c1-19(27)15-16-28-17-20(25-26-24)18-29-30(23(2,3)4,21-11-7-5-8-12-21)22-13-9-6-10-14-22/h5-14,19-20,27H,15-18H2,1-4H3/t19-,20-/m1/s1. The van der Waals surface area contributed by atoms with Crippen molar-refractivity contribution in [3.8, 4) is 0 Å². The number of aliphatic hydroxyl groups is 1. The number of rotatable bonds is 11. The maximum atomic E-state index is 9.39. The molecule has 162 valence electrons. The highest BCUT2D eigenvalue weighted by Gasteiger charge is 2.50. The smallest absolute Gasteiger partial charge is 0.261 e. The van der Waals surface area contributed by atoms with E-state index < -0.39 is 20.5 Å². The zero-order chi connectivity index (χ0) is 22.0. The average Bonchev–Trinajstić information content (AvgIpc) is 2.72. The third kappa shape index (κ3) is 6.17. The van der Waals surface area contributed by atoms with Gasteiger partial charge in [-0.15, -0.1) is 0 Å². The van der Waals surface area contributed by atoms with Crippen LogP contribution < -0.4 is 10.4 Å². The van der Waals surface area contributed by atoms with Crippen LogP contribution in [0.15, 0.2) is 65.8 Å². The van der Waals surface area contributed by atoms with Gasteiger partial charge in [-0.25, -0.2) is 0 Å². The van der Waals surface area contributed by atoms with Crippen LogP contribution in [-0.2, 0) is 9.16 Å². The molecule has 0 spiro atoms. The first-order valence-electron chi connectivity index (χ1n) is 10.4. The van der Waals surface area contributed by atoms with Crippen molar-refractivity contribution in [3.05, 3.63) is 71.1 Å². The molecular formula is C23H33N3O3Si. The van der Waals surface area contributed by atoms with Gasteiger partial charge >= 0.3 is 0 Å². The minimum atomic E-state index is -2.69. The summed E-state index contributed by atoms with van der Waals surface area (Å²) in [5.74, 6) is 0. The van der Waals surface area contributed by atoms with Crippen LogP contribution in [0, 0.1) is 0 Å². The Hall–Kier alpha value is -2.15. The highest BCUT2D eigenvalue weighted by atomic mass is 28.4. The van der Waals surface area contributed by atoms with Crippen LogP contribution >= 0.6 is 0 Å². The van der Waals surface area contributed by atoms with Crippen LogP contribution in [0.3, 0.4) is 0 Å². The van der Waals surface area contributed by atoms with E-state index in [4.69, 9.17) is 14.7 Å². The number of hydrogen-bond donors (Lipinski definition) is 1. The Morgan fingerprint density at radius 2 is 1.53 bits per heavy atom. The molecule has 0 saturated carbocycles. The average molecular weight is 428 g/mol. The Bertz CT molecular complexity index is 764. The van der Waals surface area contributed by atoms with Gasteiger partial charge in [0, 0.05) is 18.1 Å². The van der Waals surface area contributed by atoms with Gasteiger partial charge in [-0.1, -0.05) is 86.5 Å². The minimum absolute atomic E-state index is 0.149. The zero-order valence-corrected chi connectivity index (χ0v) is 19.4. The van der Waals surface area contributed by atoms with Crippen LogP contribution in [0.1, 0.15) is 34.1 Å². The van der Waals surface area contributed by atoms with E-state index in [9.17, 15) is 5.11 Å². The molecule has 2 rings (SSSR count). The van der Waals surface area contributed by atoms with E-state index in [1.54, 1.807) is 6.92 Å². The highest BCUT2D eigenvalue weighted by molar-refractivity contribution is 6.99. The fraction of sp³-hybridized carbons (Fsp3) is 0.478. The predicted molar refractivity (Wildman–Crippen MR) is 124 cm³/mol. The number of nitrogens with zero attached hydrogens (tertiary/aromatic N) is 3. The zero-order valence-electron chi connectivity index (χ0n) is 18.4. The van der Waals surface area contributed by atoms with E-state index in [0.29, 0.717) is 13.0 Å². The Morgan fingerprint density at radius 1 is 1.00 bits per heavy atom. The molecule has 7 heteroatoms. The second-order valence-corrected chi connectivity index (χ2v) is 12.9. The number of benzene rings is 2. The van der Waals surface area contributed by atoms with Crippen LogP contribution in [0.4, 0.5) is 0 Å². The molecule has 0 fully saturated rings. The van der Waals surface area contributed by atoms with E-state index in [1.165, 1.54) is 10.4 Å². The first kappa shape index (κ1) is 24.1. The van der Waals surface area contributed by atoms with Gasteiger partial charge < -0.3 is 14.3 Å². The van der Waals surface area contributed by atoms with Gasteiger partial charge in [-0.2, -0.15) is 0 Å². The lowest BCUT2D eigenvalue weighted by Gasteiger charge is -2.43. The van der Waals surface area contributed by atoms with Gasteiger partial charge in [0.2, 0.25) is 0 Å². The topological polar surface area (TPSA) is 87.5 Å². The molecule has 0 unspecified atom stereocenters. The number of hydrogen-bond acceptors (Lipinski definition) is 4. The molecule has 2 atom stereocenters. The summed E-state index contributed by atoms with van der Waals surface area (Å²) in [4.78, 5) is 2.99. The fourth-order valence-electron chi connectivity index (χ4n) is 3.64. The van der Waals surface area contributed by atoms with Crippen molar-refractivity contribution in [1.82, 2.24) is 0 Å². The Labute approximate surface area is 180 Å². The van der Waals surface area contributed by atoms with Crippen LogP contribution in [0.25, 0.3) is 10.4 Å². The molecule has 0 bridgehead atoms. The molecule has 0 aliphatic rings. The molecule has 1 N–H and O–H groups in total. The minimum Gasteiger partial charge on any atom is -0.407 e. The molecule has 0 saturated heterocycles. The Balaban J connectivity index is 2.34. The van der Waals surface area contributed by atoms with E-state index in [0.717, 1.165) is 0 Å². The van der Waals surface area contributed by atoms with Crippen molar-refractivity contribution in [2.45, 2.75) is 51.3 Å². The largest absolute Gasteiger partial charge is 0.407 e. The number of aliphatic hydroxyl groups excluding tert-OH is 1. The van der Waals surface area contributed by atoms with Crippen molar-refractivity contribution >= 4 is 18.7 Å². The first-order valence-corrected chi connectivity index (χ1v) is 12.3. The van der Waals surface area contributed by atoms with Crippen molar-refractivity contribution in [3.63, 3.8) is 0 Å². The summed E-state index contributed by atoms with van der Waals surface area (Å²) in [7, 11) is -2.69. The van der Waals surface area contributed by atoms with Crippen molar-refractivity contribution in [2.75, 3.05) is 19.8 Å². The van der Waals surface area contributed by atoms with Gasteiger partial charge in [0.15, 0.2) is 0 Å². The predicted octanol–water partition coefficient (Wildman–Crippen LogP) is 4.03. The summed E-state index contributed by atoms with van der Waals surface area (Å²) < 4.78 is 12.4. The molecule has 0 amide bonds. The summed E-state index contributed by atoms with van der Waals surface area (Å²) in [5, 5.41) is 15.5. The van der Waals surface area contributed by atoms with Crippen molar-refractivity contribution in [1.29, 1.82) is 0 Å². The van der Waals surface area contributed by atoms with Gasteiger partial charge in [0.05, 0.1) is 18.8 Å². The van der Waals surface area contributed by atoms with Gasteiger partial charge in [-0.05, 0) is 34.3 Å². The maximum absolute atomic E-state index is 9.39. The summed E-state index contributed by atoms with van der Waals surface area (Å²) in [6.45, 7) is 9.29. The second kappa shape index (κ2) is 11.3. The molecular weight excluding hydrogens is 394 g/mol. The lowest BCUT2D eigenvalue weighted by molar-refractivity contribution is 0.0727. The molecule has 0 radical (unpaired) electrons. The summed E-state index contributed by atoms with van der Waals surface area (Å²) in [5.41, 5.74) is 9.02. The molecule has 30 heavy (non-hydrogen) atoms. The first-order chi connectivity index (χ1) is 14.3. The van der Waals surface area contributed by atoms with E-state index in [2.05, 4.69) is 55.1 Å².